The van der Waals surface area contributed by atoms with Crippen molar-refractivity contribution < 1.29 is 0 Å². The van der Waals surface area contributed by atoms with Gasteiger partial charge in [0.1, 0.15) is 0 Å². The molecular formula is C6H4BrClIN. The Labute approximate surface area is 86.2 Å². The molecule has 0 unspecified atom stereocenters. The molecule has 10 heavy (non-hydrogen) atoms. The van der Waals surface area contributed by atoms with E-state index in [2.05, 4.69) is 38.5 Å². The van der Waals surface area contributed by atoms with Crippen LogP contribution in [0.1, 0.15) is 0 Å². The molecule has 0 saturated carbocycles. The first kappa shape index (κ1) is 8.62. The second-order valence-electron chi connectivity index (χ2n) is 1.79. The molecule has 1 rings (SSSR count). The van der Waals surface area contributed by atoms with Crippen molar-refractivity contribution in [1.29, 1.82) is 0 Å². The average Bonchev–Trinajstić information content (AvgIpc) is 1.82. The molecule has 0 amide bonds. The molecule has 0 fully saturated rings. The van der Waals surface area contributed by atoms with Crippen LogP contribution in [0.25, 0.3) is 0 Å². The number of halogens is 3. The maximum absolute atomic E-state index is 5.71. The van der Waals surface area contributed by atoms with Crippen molar-refractivity contribution >= 4 is 55.8 Å². The van der Waals surface area contributed by atoms with Gasteiger partial charge in [0.05, 0.1) is 3.57 Å². The van der Waals surface area contributed by atoms with E-state index in [9.17, 15) is 0 Å². The van der Waals surface area contributed by atoms with Crippen molar-refractivity contribution in [2.75, 3.05) is 5.73 Å². The number of rotatable bonds is 0. The third kappa shape index (κ3) is 1.77. The van der Waals surface area contributed by atoms with Gasteiger partial charge in [-0.2, -0.15) is 0 Å². The Balaban J connectivity index is 3.31. The Kier molecular flexibility index (Phi) is 2.82. The van der Waals surface area contributed by atoms with Crippen molar-refractivity contribution in [2.45, 2.75) is 0 Å². The van der Waals surface area contributed by atoms with Crippen LogP contribution < -0.4 is 5.73 Å². The van der Waals surface area contributed by atoms with E-state index in [0.29, 0.717) is 10.7 Å². The van der Waals surface area contributed by atoms with Gasteiger partial charge in [0.25, 0.3) is 0 Å². The molecule has 0 saturated heterocycles. The Hall–Kier alpha value is 0.520. The van der Waals surface area contributed by atoms with Crippen LogP contribution in [0.2, 0.25) is 5.02 Å². The molecule has 0 aromatic heterocycles. The van der Waals surface area contributed by atoms with Crippen molar-refractivity contribution in [1.82, 2.24) is 0 Å². The predicted molar refractivity (Wildman–Crippen MR) is 56.3 cm³/mol. The Morgan fingerprint density at radius 3 is 2.60 bits per heavy atom. The normalized spacial score (nSPS) is 9.90. The van der Waals surface area contributed by atoms with Gasteiger partial charge in [-0.3, -0.25) is 0 Å². The van der Waals surface area contributed by atoms with Gasteiger partial charge in [-0.1, -0.05) is 11.6 Å². The highest BCUT2D eigenvalue weighted by Gasteiger charge is 2.01. The number of hydrogen-bond donors (Lipinski definition) is 1. The number of benzene rings is 1. The quantitative estimate of drug-likeness (QED) is 0.440. The molecule has 1 aromatic carbocycles. The highest BCUT2D eigenvalue weighted by Crippen LogP contribution is 2.28. The summed E-state index contributed by atoms with van der Waals surface area (Å²) in [4.78, 5) is 0. The third-order valence-corrected chi connectivity index (χ3v) is 3.81. The molecule has 4 heteroatoms. The molecule has 0 atom stereocenters. The minimum absolute atomic E-state index is 0.657. The third-order valence-electron chi connectivity index (χ3n) is 1.02. The monoisotopic (exact) mass is 331 g/mol. The molecule has 54 valence electrons. The van der Waals surface area contributed by atoms with Gasteiger partial charge < -0.3 is 5.73 Å². The highest BCUT2D eigenvalue weighted by atomic mass is 127. The number of anilines is 1. The molecular weight excluding hydrogens is 328 g/mol. The van der Waals surface area contributed by atoms with E-state index in [1.807, 2.05) is 6.07 Å². The van der Waals surface area contributed by atoms with E-state index in [1.165, 1.54) is 0 Å². The molecule has 2 N–H and O–H groups in total. The second kappa shape index (κ2) is 3.28. The maximum Gasteiger partial charge on any atom is 0.0503 e. The van der Waals surface area contributed by atoms with E-state index in [4.69, 9.17) is 17.3 Å². The first-order chi connectivity index (χ1) is 4.61. The van der Waals surface area contributed by atoms with Crippen molar-refractivity contribution in [2.24, 2.45) is 0 Å². The first-order valence-electron chi connectivity index (χ1n) is 2.51. The highest BCUT2D eigenvalue weighted by molar-refractivity contribution is 14.1. The van der Waals surface area contributed by atoms with Crippen molar-refractivity contribution in [3.63, 3.8) is 0 Å². The largest absolute Gasteiger partial charge is 0.398 e. The van der Waals surface area contributed by atoms with E-state index >= 15 is 0 Å². The Bertz CT molecular complexity index is 241. The zero-order valence-electron chi connectivity index (χ0n) is 4.87. The first-order valence-corrected chi connectivity index (χ1v) is 4.76. The summed E-state index contributed by atoms with van der Waals surface area (Å²) in [6, 6.07) is 3.55. The van der Waals surface area contributed by atoms with E-state index in [1.54, 1.807) is 6.07 Å². The fourth-order valence-corrected chi connectivity index (χ4v) is 1.72. The minimum Gasteiger partial charge on any atom is -0.398 e. The molecule has 1 aromatic rings. The maximum atomic E-state index is 5.71. The van der Waals surface area contributed by atoms with Gasteiger partial charge >= 0.3 is 0 Å². The predicted octanol–water partition coefficient (Wildman–Crippen LogP) is 3.29. The number of nitrogens with two attached hydrogens (primary N) is 1. The lowest BCUT2D eigenvalue weighted by atomic mass is 10.3. The smallest absolute Gasteiger partial charge is 0.0503 e. The van der Waals surface area contributed by atoms with Gasteiger partial charge in [0, 0.05) is 15.2 Å². The second-order valence-corrected chi connectivity index (χ2v) is 4.16. The van der Waals surface area contributed by atoms with Crippen LogP contribution in [0.5, 0.6) is 0 Å². The van der Waals surface area contributed by atoms with Crippen LogP contribution in [-0.4, -0.2) is 0 Å². The van der Waals surface area contributed by atoms with Gasteiger partial charge in [-0.25, -0.2) is 0 Å². The number of hydrogen-bond acceptors (Lipinski definition) is 1. The molecule has 0 aliphatic heterocycles. The summed E-state index contributed by atoms with van der Waals surface area (Å²) in [7, 11) is 0. The summed E-state index contributed by atoms with van der Waals surface area (Å²) in [6.45, 7) is 0. The van der Waals surface area contributed by atoms with Gasteiger partial charge in [0.15, 0.2) is 0 Å². The fraction of sp³-hybridized carbons (Fsp3) is 0. The van der Waals surface area contributed by atoms with Crippen molar-refractivity contribution in [3.8, 4) is 0 Å². The molecule has 0 bridgehead atoms. The van der Waals surface area contributed by atoms with Crippen LogP contribution in [0.3, 0.4) is 0 Å². The lowest BCUT2D eigenvalue weighted by molar-refractivity contribution is 1.57. The lowest BCUT2D eigenvalue weighted by Crippen LogP contribution is -1.89. The topological polar surface area (TPSA) is 26.0 Å². The van der Waals surface area contributed by atoms with Gasteiger partial charge in [-0.15, -0.1) is 0 Å². The summed E-state index contributed by atoms with van der Waals surface area (Å²) >= 11 is 11.2. The molecule has 0 heterocycles. The van der Waals surface area contributed by atoms with Gasteiger partial charge in [-0.05, 0) is 50.7 Å². The number of nitrogen functional groups attached to an aromatic ring is 1. The summed E-state index contributed by atoms with van der Waals surface area (Å²) in [5.41, 5.74) is 6.31. The van der Waals surface area contributed by atoms with E-state index in [-0.39, 0.29) is 0 Å². The SMILES string of the molecule is Nc1cc(Cl)cc(Br)c1I. The van der Waals surface area contributed by atoms with Gasteiger partial charge in [0.2, 0.25) is 0 Å². The molecule has 0 aliphatic rings. The lowest BCUT2D eigenvalue weighted by Gasteiger charge is -2.00. The summed E-state index contributed by atoms with van der Waals surface area (Å²) in [5, 5.41) is 0.657. The molecule has 0 spiro atoms. The van der Waals surface area contributed by atoms with Crippen molar-refractivity contribution in [3.05, 3.63) is 25.2 Å². The zero-order chi connectivity index (χ0) is 7.72. The molecule has 0 radical (unpaired) electrons. The standard InChI is InChI=1S/C6H4BrClIN/c7-4-1-3(8)2-5(10)6(4)9/h1-2H,10H2. The summed E-state index contributed by atoms with van der Waals surface area (Å²) in [6.07, 6.45) is 0. The zero-order valence-corrected chi connectivity index (χ0v) is 9.37. The summed E-state index contributed by atoms with van der Waals surface area (Å²) < 4.78 is 1.94. The average molecular weight is 332 g/mol. The van der Waals surface area contributed by atoms with E-state index < -0.39 is 0 Å². The Morgan fingerprint density at radius 2 is 2.10 bits per heavy atom. The Morgan fingerprint density at radius 1 is 1.50 bits per heavy atom. The van der Waals surface area contributed by atoms with Crippen LogP contribution in [0, 0.1) is 3.57 Å². The van der Waals surface area contributed by atoms with Crippen LogP contribution >= 0.6 is 50.1 Å². The molecule has 1 nitrogen and oxygen atoms in total. The van der Waals surface area contributed by atoms with Crippen LogP contribution in [0.15, 0.2) is 16.6 Å². The van der Waals surface area contributed by atoms with E-state index in [0.717, 1.165) is 8.04 Å². The molecule has 0 aliphatic carbocycles. The summed E-state index contributed by atoms with van der Waals surface area (Å²) in [5.74, 6) is 0. The van der Waals surface area contributed by atoms with Crippen LogP contribution in [-0.2, 0) is 0 Å². The van der Waals surface area contributed by atoms with Crippen LogP contribution in [0.4, 0.5) is 5.69 Å². The fourth-order valence-electron chi connectivity index (χ4n) is 0.576. The minimum atomic E-state index is 0.657.